The van der Waals surface area contributed by atoms with Crippen LogP contribution in [0, 0.1) is 41.4 Å². The molecule has 124 valence electrons. The first kappa shape index (κ1) is 8.86. The van der Waals surface area contributed by atoms with E-state index in [0.29, 0.717) is 19.3 Å². The Morgan fingerprint density at radius 1 is 1.43 bits per heavy atom. The van der Waals surface area contributed by atoms with Gasteiger partial charge in [0.2, 0.25) is 0 Å². The molecule has 0 aromatic carbocycles. The highest BCUT2D eigenvalue weighted by atomic mass is 16.3. The highest BCUT2D eigenvalue weighted by molar-refractivity contribution is 5.91. The van der Waals surface area contributed by atoms with Crippen LogP contribution in [0.5, 0.6) is 0 Å². The zero-order valence-electron chi connectivity index (χ0n) is 21.4. The first-order chi connectivity index (χ1) is 14.0. The lowest BCUT2D eigenvalue weighted by molar-refractivity contribution is -0.117. The molecule has 4 rings (SSSR count). The van der Waals surface area contributed by atoms with Crippen LogP contribution in [0.25, 0.3) is 0 Å². The number of hydrogen-bond acceptors (Lipinski definition) is 2. The van der Waals surface area contributed by atoms with Gasteiger partial charge in [0, 0.05) is 21.4 Å². The molecule has 0 aromatic heterocycles. The van der Waals surface area contributed by atoms with Crippen molar-refractivity contribution in [2.45, 2.75) is 70.2 Å². The Bertz CT molecular complexity index is 921. The maximum absolute atomic E-state index is 12.4. The van der Waals surface area contributed by atoms with Gasteiger partial charge in [0.1, 0.15) is 5.60 Å². The van der Waals surface area contributed by atoms with Crippen LogP contribution in [0.2, 0.25) is 0 Å². The molecular weight excluding hydrogens is 284 g/mol. The minimum Gasteiger partial charge on any atom is -0.377 e. The molecule has 6 atom stereocenters. The van der Waals surface area contributed by atoms with Gasteiger partial charge in [-0.25, -0.2) is 0 Å². The van der Waals surface area contributed by atoms with Crippen LogP contribution in [0.3, 0.4) is 0 Å². The minimum absolute atomic E-state index is 0.0620. The number of rotatable bonds is 1. The zero-order valence-corrected chi connectivity index (χ0v) is 13.4. The smallest absolute Gasteiger partial charge is 0.155 e. The summed E-state index contributed by atoms with van der Waals surface area (Å²) in [6.07, 6.45) is -0.634. The molecule has 3 fully saturated rings. The molecular formula is C21H28O2. The van der Waals surface area contributed by atoms with Gasteiger partial charge in [-0.2, -0.15) is 0 Å². The van der Waals surface area contributed by atoms with E-state index >= 15 is 0 Å². The fourth-order valence-corrected chi connectivity index (χ4v) is 5.54. The predicted molar refractivity (Wildman–Crippen MR) is 90.5 cm³/mol. The SMILES string of the molecule is [2H]C1=C2C([2H])([2H])C[C@H]3[C@@H]4CC([2H])([2H])[C@@](O)(C#C)[C@@]4(CC)CC[C@@H]3[C@@]2([2H])CC([2H])([2H])C1=O. The van der Waals surface area contributed by atoms with E-state index in [1.165, 1.54) is 0 Å². The number of terminal acetylenes is 1. The molecule has 0 aromatic rings. The van der Waals surface area contributed by atoms with Crippen LogP contribution in [0.4, 0.5) is 0 Å². The summed E-state index contributed by atoms with van der Waals surface area (Å²) in [5, 5.41) is 11.4. The summed E-state index contributed by atoms with van der Waals surface area (Å²) >= 11 is 0. The molecule has 0 saturated heterocycles. The van der Waals surface area contributed by atoms with E-state index in [4.69, 9.17) is 16.0 Å². The van der Waals surface area contributed by atoms with E-state index in [9.17, 15) is 11.3 Å². The fourth-order valence-electron chi connectivity index (χ4n) is 5.54. The molecule has 0 heterocycles. The van der Waals surface area contributed by atoms with Gasteiger partial charge in [-0.1, -0.05) is 18.4 Å². The predicted octanol–water partition coefficient (Wildman–Crippen LogP) is 3.88. The Kier molecular flexibility index (Phi) is 2.01. The summed E-state index contributed by atoms with van der Waals surface area (Å²) in [6, 6.07) is -0.732. The lowest BCUT2D eigenvalue weighted by Crippen LogP contribution is -2.53. The number of aliphatic hydroxyl groups is 1. The standard InChI is InChI=1S/C21H28O2/c1-3-20-11-9-17-16-8-6-15(22)13-14(16)5-7-18(17)19(20)10-12-21(20,23)4-2/h2,13,16-19,23H,3,5-12H2,1H3/t16-,17+,18+,19-,20-,21-/m0/s1/i5D2,6D2,12D2,13D,16D. The number of fused-ring (bicyclic) bond motifs is 5. The Morgan fingerprint density at radius 3 is 3.00 bits per heavy atom. The first-order valence-electron chi connectivity index (χ1n) is 12.5. The second-order valence-electron chi connectivity index (χ2n) is 7.25. The Morgan fingerprint density at radius 2 is 2.26 bits per heavy atom. The third-order valence-corrected chi connectivity index (χ3v) is 6.74. The second kappa shape index (κ2) is 5.21. The summed E-state index contributed by atoms with van der Waals surface area (Å²) < 4.78 is 68.0. The van der Waals surface area contributed by atoms with Crippen LogP contribution < -0.4 is 0 Å². The topological polar surface area (TPSA) is 37.3 Å². The number of allylic oxidation sites excluding steroid dienone is 1. The highest BCUT2D eigenvalue weighted by Crippen LogP contribution is 2.66. The van der Waals surface area contributed by atoms with Crippen molar-refractivity contribution >= 4 is 5.78 Å². The van der Waals surface area contributed by atoms with Crippen molar-refractivity contribution in [2.75, 3.05) is 0 Å². The van der Waals surface area contributed by atoms with Gasteiger partial charge in [-0.3, -0.25) is 4.79 Å². The van der Waals surface area contributed by atoms with Crippen LogP contribution in [0.1, 0.15) is 75.5 Å². The lowest BCUT2D eigenvalue weighted by Gasteiger charge is -2.55. The van der Waals surface area contributed by atoms with Crippen molar-refractivity contribution in [3.63, 3.8) is 0 Å². The van der Waals surface area contributed by atoms with E-state index in [2.05, 4.69) is 5.92 Å². The fraction of sp³-hybridized carbons (Fsp3) is 0.762. The second-order valence-corrected chi connectivity index (χ2v) is 7.25. The monoisotopic (exact) mass is 320 g/mol. The molecule has 4 aliphatic carbocycles. The average Bonchev–Trinajstić information content (AvgIpc) is 2.83. The molecule has 3 saturated carbocycles. The first-order valence-corrected chi connectivity index (χ1v) is 8.51. The van der Waals surface area contributed by atoms with Gasteiger partial charge in [0.05, 0.1) is 1.37 Å². The largest absolute Gasteiger partial charge is 0.377 e. The van der Waals surface area contributed by atoms with Crippen molar-refractivity contribution in [1.29, 1.82) is 0 Å². The number of hydrogen-bond donors (Lipinski definition) is 1. The Balaban J connectivity index is 1.90. The van der Waals surface area contributed by atoms with E-state index in [0.717, 1.165) is 0 Å². The number of carbonyl (C=O) groups is 1. The molecule has 2 nitrogen and oxygen atoms in total. The molecule has 23 heavy (non-hydrogen) atoms. The van der Waals surface area contributed by atoms with E-state index < -0.39 is 72.0 Å². The normalized spacial score (nSPS) is 64.0. The average molecular weight is 321 g/mol. The molecule has 1 N–H and O–H groups in total. The molecule has 0 unspecified atom stereocenters. The van der Waals surface area contributed by atoms with Crippen LogP contribution in [0.15, 0.2) is 11.6 Å². The van der Waals surface area contributed by atoms with Gasteiger partial charge < -0.3 is 5.11 Å². The van der Waals surface area contributed by atoms with E-state index in [-0.39, 0.29) is 18.4 Å². The summed E-state index contributed by atoms with van der Waals surface area (Å²) in [5.74, 6) is -2.07. The van der Waals surface area contributed by atoms with Gasteiger partial charge >= 0.3 is 0 Å². The molecule has 0 spiro atoms. The van der Waals surface area contributed by atoms with Crippen molar-refractivity contribution < 1.29 is 20.9 Å². The van der Waals surface area contributed by atoms with Crippen LogP contribution >= 0.6 is 0 Å². The lowest BCUT2D eigenvalue weighted by atomic mass is 9.49. The van der Waals surface area contributed by atoms with E-state index in [1.54, 1.807) is 0 Å². The molecule has 2 heteroatoms. The van der Waals surface area contributed by atoms with Crippen molar-refractivity contribution in [1.82, 2.24) is 0 Å². The Labute approximate surface area is 151 Å². The maximum Gasteiger partial charge on any atom is 0.155 e. The highest BCUT2D eigenvalue weighted by Gasteiger charge is 2.63. The summed E-state index contributed by atoms with van der Waals surface area (Å²) in [4.78, 5) is 12.4. The summed E-state index contributed by atoms with van der Waals surface area (Å²) in [6.45, 7) is 1.84. The number of carbonyl (C=O) groups excluding carboxylic acids is 1. The molecule has 0 radical (unpaired) electrons. The van der Waals surface area contributed by atoms with Crippen molar-refractivity contribution in [2.24, 2.45) is 29.1 Å². The van der Waals surface area contributed by atoms with Gasteiger partial charge in [0.25, 0.3) is 0 Å². The Hall–Kier alpha value is -1.07. The number of ketones is 1. The van der Waals surface area contributed by atoms with Crippen molar-refractivity contribution in [3.8, 4) is 12.3 Å². The minimum atomic E-state index is -2.43. The van der Waals surface area contributed by atoms with E-state index in [1.807, 2.05) is 6.92 Å². The quantitative estimate of drug-likeness (QED) is 0.744. The van der Waals surface area contributed by atoms with Crippen LogP contribution in [-0.4, -0.2) is 16.5 Å². The van der Waals surface area contributed by atoms with Gasteiger partial charge in [0.15, 0.2) is 5.78 Å². The third kappa shape index (κ3) is 1.96. The molecule has 4 aliphatic rings. The van der Waals surface area contributed by atoms with Crippen LogP contribution in [-0.2, 0) is 4.79 Å². The van der Waals surface area contributed by atoms with Gasteiger partial charge in [-0.05, 0) is 81.0 Å². The third-order valence-electron chi connectivity index (χ3n) is 6.74. The molecule has 0 bridgehead atoms. The summed E-state index contributed by atoms with van der Waals surface area (Å²) in [7, 11) is 0. The zero-order chi connectivity index (χ0) is 23.4. The maximum atomic E-state index is 12.4. The van der Waals surface area contributed by atoms with Crippen molar-refractivity contribution in [3.05, 3.63) is 11.6 Å². The molecule has 0 aliphatic heterocycles. The molecule has 0 amide bonds. The van der Waals surface area contributed by atoms with Gasteiger partial charge in [-0.15, -0.1) is 6.42 Å². The summed E-state index contributed by atoms with van der Waals surface area (Å²) in [5.41, 5.74) is -3.22.